The minimum absolute atomic E-state index is 0.137. The van der Waals surface area contributed by atoms with Gasteiger partial charge in [-0.2, -0.15) is 0 Å². The quantitative estimate of drug-likeness (QED) is 0.858. The fraction of sp³-hybridized carbons (Fsp3) is 0.278. The van der Waals surface area contributed by atoms with Gasteiger partial charge in [-0.15, -0.1) is 0 Å². The van der Waals surface area contributed by atoms with Crippen LogP contribution in [0.3, 0.4) is 0 Å². The summed E-state index contributed by atoms with van der Waals surface area (Å²) < 4.78 is 0. The monoisotopic (exact) mass is 282 g/mol. The molecule has 2 aromatic carbocycles. The summed E-state index contributed by atoms with van der Waals surface area (Å²) in [6, 6.07) is 19.9. The molecule has 0 radical (unpaired) electrons. The first-order valence-electron chi connectivity index (χ1n) is 7.37. The fourth-order valence-electron chi connectivity index (χ4n) is 2.15. The number of rotatable bonds is 5. The maximum Gasteiger partial charge on any atom is 0.315 e. The Morgan fingerprint density at radius 1 is 0.905 bits per heavy atom. The molecular weight excluding hydrogens is 260 g/mol. The van der Waals surface area contributed by atoms with Crippen molar-refractivity contribution in [3.8, 4) is 0 Å². The summed E-state index contributed by atoms with van der Waals surface area (Å²) >= 11 is 0. The minimum Gasteiger partial charge on any atom is -0.336 e. The molecule has 0 saturated carbocycles. The van der Waals surface area contributed by atoms with E-state index in [2.05, 4.69) is 17.6 Å². The molecule has 3 heteroatoms. The normalized spacial score (nSPS) is 12.0. The summed E-state index contributed by atoms with van der Waals surface area (Å²) in [6.45, 7) is 4.05. The Morgan fingerprint density at radius 2 is 1.38 bits per heavy atom. The Bertz CT molecular complexity index is 514. The molecule has 2 amide bonds. The largest absolute Gasteiger partial charge is 0.336 e. The van der Waals surface area contributed by atoms with Gasteiger partial charge in [-0.05, 0) is 24.5 Å². The van der Waals surface area contributed by atoms with E-state index < -0.39 is 0 Å². The molecule has 0 fully saturated rings. The number of amides is 2. The lowest BCUT2D eigenvalue weighted by Crippen LogP contribution is -2.42. The molecule has 1 unspecified atom stereocenters. The molecule has 0 bridgehead atoms. The predicted molar refractivity (Wildman–Crippen MR) is 86.1 cm³/mol. The van der Waals surface area contributed by atoms with Crippen LogP contribution in [-0.4, -0.2) is 12.1 Å². The van der Waals surface area contributed by atoms with E-state index in [4.69, 9.17) is 0 Å². The van der Waals surface area contributed by atoms with Gasteiger partial charge in [-0.3, -0.25) is 0 Å². The highest BCUT2D eigenvalue weighted by molar-refractivity contribution is 5.75. The van der Waals surface area contributed by atoms with Crippen molar-refractivity contribution in [1.29, 1.82) is 0 Å². The Morgan fingerprint density at radius 3 is 1.81 bits per heavy atom. The van der Waals surface area contributed by atoms with Gasteiger partial charge in [0, 0.05) is 6.04 Å². The summed E-state index contributed by atoms with van der Waals surface area (Å²) in [5.74, 6) is 0. The number of nitrogens with one attached hydrogen (secondary N) is 2. The Kier molecular flexibility index (Phi) is 5.38. The Labute approximate surface area is 126 Å². The van der Waals surface area contributed by atoms with Gasteiger partial charge in [0.2, 0.25) is 0 Å². The number of benzene rings is 2. The molecule has 1 atom stereocenters. The molecule has 0 heterocycles. The second kappa shape index (κ2) is 7.48. The van der Waals surface area contributed by atoms with E-state index >= 15 is 0 Å². The molecule has 2 rings (SSSR count). The Hall–Kier alpha value is -2.29. The van der Waals surface area contributed by atoms with Crippen molar-refractivity contribution < 1.29 is 4.79 Å². The van der Waals surface area contributed by atoms with E-state index in [9.17, 15) is 4.79 Å². The van der Waals surface area contributed by atoms with E-state index in [0.717, 1.165) is 17.5 Å². The van der Waals surface area contributed by atoms with Crippen LogP contribution in [0.1, 0.15) is 37.4 Å². The molecule has 2 aromatic rings. The third-order valence-corrected chi connectivity index (χ3v) is 3.53. The van der Waals surface area contributed by atoms with Gasteiger partial charge < -0.3 is 10.6 Å². The highest BCUT2D eigenvalue weighted by Gasteiger charge is 2.16. The topological polar surface area (TPSA) is 41.1 Å². The third kappa shape index (κ3) is 4.35. The van der Waals surface area contributed by atoms with Crippen LogP contribution < -0.4 is 10.6 Å². The number of hydrogen-bond acceptors (Lipinski definition) is 1. The zero-order chi connectivity index (χ0) is 15.1. The van der Waals surface area contributed by atoms with Crippen molar-refractivity contribution in [1.82, 2.24) is 10.6 Å². The maximum atomic E-state index is 12.1. The minimum atomic E-state index is -0.142. The zero-order valence-electron chi connectivity index (χ0n) is 12.5. The van der Waals surface area contributed by atoms with Crippen molar-refractivity contribution in [2.75, 3.05) is 0 Å². The van der Waals surface area contributed by atoms with Gasteiger partial charge in [0.05, 0.1) is 6.04 Å². The Balaban J connectivity index is 2.19. The van der Waals surface area contributed by atoms with Gasteiger partial charge in [-0.1, -0.05) is 67.6 Å². The SMILES string of the molecule is CCC(C)NC(=O)NC(c1ccccc1)c1ccccc1. The molecule has 110 valence electrons. The first-order chi connectivity index (χ1) is 10.2. The molecule has 21 heavy (non-hydrogen) atoms. The van der Waals surface area contributed by atoms with Crippen LogP contribution in [-0.2, 0) is 0 Å². The summed E-state index contributed by atoms with van der Waals surface area (Å²) in [4.78, 5) is 12.1. The molecule has 0 spiro atoms. The van der Waals surface area contributed by atoms with E-state index in [1.165, 1.54) is 0 Å². The smallest absolute Gasteiger partial charge is 0.315 e. The molecular formula is C18H22N2O. The summed E-state index contributed by atoms with van der Waals surface area (Å²) in [5.41, 5.74) is 2.14. The van der Waals surface area contributed by atoms with E-state index in [1.807, 2.05) is 67.6 Å². The van der Waals surface area contributed by atoms with Crippen molar-refractivity contribution in [3.63, 3.8) is 0 Å². The highest BCUT2D eigenvalue weighted by Crippen LogP contribution is 2.21. The summed E-state index contributed by atoms with van der Waals surface area (Å²) in [6.07, 6.45) is 0.911. The number of urea groups is 1. The van der Waals surface area contributed by atoms with Gasteiger partial charge >= 0.3 is 6.03 Å². The molecule has 3 nitrogen and oxygen atoms in total. The van der Waals surface area contributed by atoms with Crippen LogP contribution in [0.15, 0.2) is 60.7 Å². The third-order valence-electron chi connectivity index (χ3n) is 3.53. The van der Waals surface area contributed by atoms with E-state index in [-0.39, 0.29) is 18.1 Å². The average Bonchev–Trinajstić information content (AvgIpc) is 2.54. The van der Waals surface area contributed by atoms with Crippen LogP contribution >= 0.6 is 0 Å². The van der Waals surface area contributed by atoms with Crippen molar-refractivity contribution >= 4 is 6.03 Å². The van der Waals surface area contributed by atoms with Crippen LogP contribution in [0.5, 0.6) is 0 Å². The lowest BCUT2D eigenvalue weighted by atomic mass is 9.99. The predicted octanol–water partition coefficient (Wildman–Crippen LogP) is 3.87. The van der Waals surface area contributed by atoms with Gasteiger partial charge in [0.1, 0.15) is 0 Å². The number of hydrogen-bond donors (Lipinski definition) is 2. The van der Waals surface area contributed by atoms with Gasteiger partial charge in [0.25, 0.3) is 0 Å². The maximum absolute atomic E-state index is 12.1. The second-order valence-electron chi connectivity index (χ2n) is 5.18. The molecule has 0 aliphatic heterocycles. The van der Waals surface area contributed by atoms with Crippen molar-refractivity contribution in [2.24, 2.45) is 0 Å². The lowest BCUT2D eigenvalue weighted by molar-refractivity contribution is 0.235. The molecule has 2 N–H and O–H groups in total. The number of carbonyl (C=O) groups excluding carboxylic acids is 1. The average molecular weight is 282 g/mol. The van der Waals surface area contributed by atoms with Crippen LogP contribution in [0, 0.1) is 0 Å². The molecule has 0 aromatic heterocycles. The van der Waals surface area contributed by atoms with Gasteiger partial charge in [0.15, 0.2) is 0 Å². The standard InChI is InChI=1S/C18H22N2O/c1-3-14(2)19-18(21)20-17(15-10-6-4-7-11-15)16-12-8-5-9-13-16/h4-14,17H,3H2,1-2H3,(H2,19,20,21). The second-order valence-corrected chi connectivity index (χ2v) is 5.18. The molecule has 0 aliphatic rings. The van der Waals surface area contributed by atoms with E-state index in [1.54, 1.807) is 0 Å². The first-order valence-corrected chi connectivity index (χ1v) is 7.37. The first kappa shape index (κ1) is 15.1. The van der Waals surface area contributed by atoms with Crippen LogP contribution in [0.2, 0.25) is 0 Å². The number of carbonyl (C=O) groups is 1. The zero-order valence-corrected chi connectivity index (χ0v) is 12.5. The summed E-state index contributed by atoms with van der Waals surface area (Å²) in [7, 11) is 0. The fourth-order valence-corrected chi connectivity index (χ4v) is 2.15. The molecule has 0 saturated heterocycles. The molecule has 0 aliphatic carbocycles. The van der Waals surface area contributed by atoms with E-state index in [0.29, 0.717) is 0 Å². The lowest BCUT2D eigenvalue weighted by Gasteiger charge is -2.21. The van der Waals surface area contributed by atoms with Crippen LogP contribution in [0.4, 0.5) is 4.79 Å². The van der Waals surface area contributed by atoms with Gasteiger partial charge in [-0.25, -0.2) is 4.79 Å². The van der Waals surface area contributed by atoms with Crippen LogP contribution in [0.25, 0.3) is 0 Å². The summed E-state index contributed by atoms with van der Waals surface area (Å²) in [5, 5.41) is 6.01. The van der Waals surface area contributed by atoms with Crippen molar-refractivity contribution in [2.45, 2.75) is 32.4 Å². The van der Waals surface area contributed by atoms with Crippen molar-refractivity contribution in [3.05, 3.63) is 71.8 Å². The highest BCUT2D eigenvalue weighted by atomic mass is 16.2.